The standard InChI is InChI=1S/C35H42N4O6/c1-23(24-11-8-7-9-12-24)37-17-19-38(20-18-37)27-14-10-13-26-31(27)33(41)39(32(26)40)28(22-36-34(42)45-35(2,3)4)25-15-16-29(43-5)30(21-25)44-6/h7-16,21,23,28H,17-20,22H2,1-6H3,(H,36,42)/t23-,28?/m1/s1. The first kappa shape index (κ1) is 31.8. The van der Waals surface area contributed by atoms with Crippen molar-refractivity contribution in [2.75, 3.05) is 51.8 Å². The smallest absolute Gasteiger partial charge is 0.407 e. The highest BCUT2D eigenvalue weighted by atomic mass is 16.6. The summed E-state index contributed by atoms with van der Waals surface area (Å²) in [4.78, 5) is 46.8. The Bertz CT molecular complexity index is 1550. The summed E-state index contributed by atoms with van der Waals surface area (Å²) in [6.07, 6.45) is -0.645. The summed E-state index contributed by atoms with van der Waals surface area (Å²) in [5.41, 5.74) is 2.63. The van der Waals surface area contributed by atoms with Gasteiger partial charge in [-0.2, -0.15) is 0 Å². The number of carbonyl (C=O) groups is 3. The summed E-state index contributed by atoms with van der Waals surface area (Å²) in [5, 5.41) is 2.76. The van der Waals surface area contributed by atoms with Crippen LogP contribution in [0.25, 0.3) is 0 Å². The highest BCUT2D eigenvalue weighted by Crippen LogP contribution is 2.39. The molecule has 2 atom stereocenters. The van der Waals surface area contributed by atoms with Crippen LogP contribution in [0.5, 0.6) is 11.5 Å². The molecule has 0 radical (unpaired) electrons. The van der Waals surface area contributed by atoms with Crippen molar-refractivity contribution < 1.29 is 28.6 Å². The maximum atomic E-state index is 14.3. The minimum atomic E-state index is -0.832. The molecule has 45 heavy (non-hydrogen) atoms. The zero-order valence-corrected chi connectivity index (χ0v) is 26.8. The molecule has 0 saturated carbocycles. The minimum absolute atomic E-state index is 0.0543. The first-order chi connectivity index (χ1) is 21.5. The van der Waals surface area contributed by atoms with Crippen molar-refractivity contribution in [2.24, 2.45) is 0 Å². The molecular weight excluding hydrogens is 572 g/mol. The summed E-state index contributed by atoms with van der Waals surface area (Å²) < 4.78 is 16.4. The van der Waals surface area contributed by atoms with E-state index < -0.39 is 29.6 Å². The fourth-order valence-corrected chi connectivity index (χ4v) is 6.04. The lowest BCUT2D eigenvalue weighted by Gasteiger charge is -2.39. The third kappa shape index (κ3) is 6.76. The second-order valence-electron chi connectivity index (χ2n) is 12.3. The number of amides is 3. The molecule has 1 N–H and O–H groups in total. The Labute approximate surface area is 264 Å². The van der Waals surface area contributed by atoms with Crippen LogP contribution < -0.4 is 19.7 Å². The normalized spacial score (nSPS) is 16.7. The Hall–Kier alpha value is -4.57. The Kier molecular flexibility index (Phi) is 9.34. The van der Waals surface area contributed by atoms with Gasteiger partial charge in [0.2, 0.25) is 0 Å². The molecule has 1 fully saturated rings. The zero-order valence-electron chi connectivity index (χ0n) is 26.8. The van der Waals surface area contributed by atoms with E-state index in [1.54, 1.807) is 45.0 Å². The van der Waals surface area contributed by atoms with Crippen LogP contribution in [0.1, 0.15) is 71.6 Å². The average Bonchev–Trinajstić information content (AvgIpc) is 3.29. The molecule has 10 heteroatoms. The van der Waals surface area contributed by atoms with E-state index in [2.05, 4.69) is 46.3 Å². The number of anilines is 1. The monoisotopic (exact) mass is 614 g/mol. The van der Waals surface area contributed by atoms with Crippen LogP contribution in [0, 0.1) is 0 Å². The lowest BCUT2D eigenvalue weighted by molar-refractivity contribution is 0.0467. The molecule has 1 unspecified atom stereocenters. The molecule has 238 valence electrons. The van der Waals surface area contributed by atoms with Crippen molar-refractivity contribution in [1.82, 2.24) is 15.1 Å². The largest absolute Gasteiger partial charge is 0.493 e. The number of hydrogen-bond donors (Lipinski definition) is 1. The highest BCUT2D eigenvalue weighted by Gasteiger charge is 2.43. The number of ether oxygens (including phenoxy) is 3. The second-order valence-corrected chi connectivity index (χ2v) is 12.3. The van der Waals surface area contributed by atoms with Gasteiger partial charge in [-0.1, -0.05) is 42.5 Å². The number of hydrogen-bond acceptors (Lipinski definition) is 8. The maximum absolute atomic E-state index is 14.3. The van der Waals surface area contributed by atoms with E-state index in [9.17, 15) is 14.4 Å². The second kappa shape index (κ2) is 13.2. The quantitative estimate of drug-likeness (QED) is 0.318. The first-order valence-electron chi connectivity index (χ1n) is 15.3. The van der Waals surface area contributed by atoms with Crippen molar-refractivity contribution in [3.63, 3.8) is 0 Å². The molecule has 2 aliphatic heterocycles. The molecule has 3 aromatic carbocycles. The van der Waals surface area contributed by atoms with Crippen molar-refractivity contribution in [2.45, 2.75) is 45.4 Å². The Balaban J connectivity index is 1.42. The van der Waals surface area contributed by atoms with Crippen LogP contribution in [-0.2, 0) is 4.74 Å². The summed E-state index contributed by atoms with van der Waals surface area (Å²) in [6.45, 7) is 10.5. The Morgan fingerprint density at radius 2 is 1.53 bits per heavy atom. The van der Waals surface area contributed by atoms with Gasteiger partial charge in [-0.3, -0.25) is 19.4 Å². The van der Waals surface area contributed by atoms with Gasteiger partial charge < -0.3 is 24.4 Å². The van der Waals surface area contributed by atoms with Gasteiger partial charge in [-0.05, 0) is 63.1 Å². The number of nitrogens with zero attached hydrogens (tertiary/aromatic N) is 3. The van der Waals surface area contributed by atoms with Crippen molar-refractivity contribution >= 4 is 23.6 Å². The Morgan fingerprint density at radius 1 is 0.844 bits per heavy atom. The van der Waals surface area contributed by atoms with Gasteiger partial charge in [-0.25, -0.2) is 4.79 Å². The minimum Gasteiger partial charge on any atom is -0.493 e. The van der Waals surface area contributed by atoms with Gasteiger partial charge in [0, 0.05) is 38.8 Å². The highest BCUT2D eigenvalue weighted by molar-refractivity contribution is 6.24. The van der Waals surface area contributed by atoms with Crippen LogP contribution in [0.3, 0.4) is 0 Å². The van der Waals surface area contributed by atoms with Gasteiger partial charge in [0.1, 0.15) is 5.60 Å². The molecule has 0 aromatic heterocycles. The van der Waals surface area contributed by atoms with E-state index in [-0.39, 0.29) is 12.6 Å². The number of nitrogens with one attached hydrogen (secondary N) is 1. The van der Waals surface area contributed by atoms with E-state index in [4.69, 9.17) is 14.2 Å². The van der Waals surface area contributed by atoms with Crippen LogP contribution in [0.2, 0.25) is 0 Å². The average molecular weight is 615 g/mol. The lowest BCUT2D eigenvalue weighted by atomic mass is 10.0. The van der Waals surface area contributed by atoms with Gasteiger partial charge in [-0.15, -0.1) is 0 Å². The predicted octanol–water partition coefficient (Wildman–Crippen LogP) is 5.45. The van der Waals surface area contributed by atoms with Crippen molar-refractivity contribution in [3.05, 3.63) is 89.0 Å². The van der Waals surface area contributed by atoms with Crippen LogP contribution >= 0.6 is 0 Å². The van der Waals surface area contributed by atoms with E-state index in [0.717, 1.165) is 18.8 Å². The molecular formula is C35H42N4O6. The van der Waals surface area contributed by atoms with Gasteiger partial charge in [0.05, 0.1) is 37.1 Å². The number of rotatable bonds is 9. The van der Waals surface area contributed by atoms with Crippen molar-refractivity contribution in [3.8, 4) is 11.5 Å². The number of benzene rings is 3. The SMILES string of the molecule is COc1ccc(C(CNC(=O)OC(C)(C)C)N2C(=O)c3cccc(N4CCN([C@H](C)c5ccccc5)CC4)c3C2=O)cc1OC. The van der Waals surface area contributed by atoms with E-state index in [1.165, 1.54) is 24.7 Å². The lowest BCUT2D eigenvalue weighted by Crippen LogP contribution is -2.47. The molecule has 0 aliphatic carbocycles. The number of carbonyl (C=O) groups excluding carboxylic acids is 3. The number of methoxy groups -OCH3 is 2. The molecule has 0 bridgehead atoms. The fraction of sp³-hybridized carbons (Fsp3) is 0.400. The molecule has 0 spiro atoms. The van der Waals surface area contributed by atoms with E-state index in [1.807, 2.05) is 18.2 Å². The molecule has 2 heterocycles. The number of imide groups is 1. The molecule has 10 nitrogen and oxygen atoms in total. The van der Waals surface area contributed by atoms with Crippen LogP contribution in [0.4, 0.5) is 10.5 Å². The molecule has 5 rings (SSSR count). The molecule has 2 aliphatic rings. The molecule has 1 saturated heterocycles. The Morgan fingerprint density at radius 3 is 2.18 bits per heavy atom. The van der Waals surface area contributed by atoms with Gasteiger partial charge in [0.25, 0.3) is 11.8 Å². The zero-order chi connectivity index (χ0) is 32.3. The molecule has 3 aromatic rings. The predicted molar refractivity (Wildman–Crippen MR) is 172 cm³/mol. The first-order valence-corrected chi connectivity index (χ1v) is 15.3. The summed E-state index contributed by atoms with van der Waals surface area (Å²) >= 11 is 0. The summed E-state index contributed by atoms with van der Waals surface area (Å²) in [7, 11) is 3.05. The third-order valence-corrected chi connectivity index (χ3v) is 8.35. The number of piperazine rings is 1. The number of alkyl carbamates (subject to hydrolysis) is 1. The van der Waals surface area contributed by atoms with Crippen LogP contribution in [-0.4, -0.2) is 80.3 Å². The van der Waals surface area contributed by atoms with Crippen molar-refractivity contribution in [1.29, 1.82) is 0 Å². The van der Waals surface area contributed by atoms with Gasteiger partial charge in [0.15, 0.2) is 11.5 Å². The van der Waals surface area contributed by atoms with E-state index in [0.29, 0.717) is 41.3 Å². The topological polar surface area (TPSA) is 101 Å². The van der Waals surface area contributed by atoms with Crippen LogP contribution in [0.15, 0.2) is 66.7 Å². The molecule has 3 amide bonds. The summed E-state index contributed by atoms with van der Waals surface area (Å²) in [6, 6.07) is 20.5. The summed E-state index contributed by atoms with van der Waals surface area (Å²) in [5.74, 6) is 0.123. The van der Waals surface area contributed by atoms with Gasteiger partial charge >= 0.3 is 6.09 Å². The van der Waals surface area contributed by atoms with E-state index >= 15 is 0 Å². The fourth-order valence-electron chi connectivity index (χ4n) is 6.04. The number of fused-ring (bicyclic) bond motifs is 1. The maximum Gasteiger partial charge on any atom is 0.407 e. The third-order valence-electron chi connectivity index (χ3n) is 8.35.